The average molecular weight is 372 g/mol. The summed E-state index contributed by atoms with van der Waals surface area (Å²) in [6.07, 6.45) is 9.33. The van der Waals surface area contributed by atoms with Gasteiger partial charge in [-0.05, 0) is 68.4 Å². The fourth-order valence-corrected chi connectivity index (χ4v) is 6.50. The molecule has 2 heterocycles. The van der Waals surface area contributed by atoms with Crippen molar-refractivity contribution in [2.75, 3.05) is 5.75 Å². The summed E-state index contributed by atoms with van der Waals surface area (Å²) in [5, 5.41) is 12.5. The number of carbonyl (C=O) groups is 1. The molecule has 6 rings (SSSR count). The first-order valence-electron chi connectivity index (χ1n) is 9.47. The first-order chi connectivity index (χ1) is 12.6. The third-order valence-electron chi connectivity index (χ3n) is 6.35. The van der Waals surface area contributed by atoms with E-state index < -0.39 is 0 Å². The highest BCUT2D eigenvalue weighted by molar-refractivity contribution is 7.99. The molecule has 26 heavy (non-hydrogen) atoms. The number of thioether (sulfide) groups is 1. The van der Waals surface area contributed by atoms with Gasteiger partial charge >= 0.3 is 0 Å². The molecule has 7 heteroatoms. The highest BCUT2D eigenvalue weighted by Gasteiger charge is 2.51. The van der Waals surface area contributed by atoms with Crippen molar-refractivity contribution in [2.24, 2.45) is 24.8 Å². The normalized spacial score (nSPS) is 32.1. The number of aromatic nitrogens is 3. The molecular weight excluding hydrogens is 348 g/mol. The number of carbonyl (C=O) groups excluding carboxylic acids is 1. The van der Waals surface area contributed by atoms with Crippen molar-refractivity contribution in [3.05, 3.63) is 18.4 Å². The number of amides is 1. The Hall–Kier alpha value is -1.76. The molecule has 6 nitrogen and oxygen atoms in total. The number of hydrogen-bond acceptors (Lipinski definition) is 5. The predicted octanol–water partition coefficient (Wildman–Crippen LogP) is 3.25. The van der Waals surface area contributed by atoms with E-state index in [0.717, 1.165) is 22.9 Å². The van der Waals surface area contributed by atoms with Gasteiger partial charge in [0, 0.05) is 12.6 Å². The lowest BCUT2D eigenvalue weighted by molar-refractivity contribution is -0.124. The lowest BCUT2D eigenvalue weighted by Crippen LogP contribution is -2.60. The molecule has 0 unspecified atom stereocenters. The fourth-order valence-electron chi connectivity index (χ4n) is 5.79. The summed E-state index contributed by atoms with van der Waals surface area (Å²) >= 11 is 1.44. The first-order valence-corrected chi connectivity index (χ1v) is 10.5. The second-order valence-electron chi connectivity index (χ2n) is 8.38. The standard InChI is InChI=1S/C19H24N4O2S/c1-23-17(15-3-2-4-25-15)21-22-18(23)26-11-16(24)20-19-8-12-5-13(9-19)7-14(6-12)10-19/h2-4,12-14H,5-11H2,1H3,(H,20,24). The molecule has 4 fully saturated rings. The van der Waals surface area contributed by atoms with Gasteiger partial charge in [0.2, 0.25) is 5.91 Å². The van der Waals surface area contributed by atoms with Gasteiger partial charge in [-0.25, -0.2) is 0 Å². The smallest absolute Gasteiger partial charge is 0.230 e. The van der Waals surface area contributed by atoms with Gasteiger partial charge in [0.05, 0.1) is 12.0 Å². The Morgan fingerprint density at radius 3 is 2.58 bits per heavy atom. The predicted molar refractivity (Wildman–Crippen MR) is 98.5 cm³/mol. The number of hydrogen-bond donors (Lipinski definition) is 1. The van der Waals surface area contributed by atoms with Crippen molar-refractivity contribution < 1.29 is 9.21 Å². The minimum absolute atomic E-state index is 0.0750. The summed E-state index contributed by atoms with van der Waals surface area (Å²) in [7, 11) is 1.90. The molecule has 4 aliphatic carbocycles. The number of nitrogens with one attached hydrogen (secondary N) is 1. The van der Waals surface area contributed by atoms with Gasteiger partial charge in [0.25, 0.3) is 0 Å². The Kier molecular flexibility index (Phi) is 3.88. The Morgan fingerprint density at radius 2 is 1.96 bits per heavy atom. The van der Waals surface area contributed by atoms with E-state index in [2.05, 4.69) is 15.5 Å². The Morgan fingerprint density at radius 1 is 1.27 bits per heavy atom. The van der Waals surface area contributed by atoms with Crippen LogP contribution in [-0.2, 0) is 11.8 Å². The van der Waals surface area contributed by atoms with E-state index in [1.165, 1.54) is 50.3 Å². The second-order valence-corrected chi connectivity index (χ2v) is 9.32. The molecule has 2 aromatic heterocycles. The van der Waals surface area contributed by atoms with Crippen LogP contribution in [0.15, 0.2) is 28.0 Å². The van der Waals surface area contributed by atoms with E-state index in [0.29, 0.717) is 17.3 Å². The summed E-state index contributed by atoms with van der Waals surface area (Å²) in [6.45, 7) is 0. The molecular formula is C19H24N4O2S. The maximum atomic E-state index is 12.6. The van der Waals surface area contributed by atoms with Gasteiger partial charge in [-0.3, -0.25) is 4.79 Å². The van der Waals surface area contributed by atoms with Crippen molar-refractivity contribution in [1.82, 2.24) is 20.1 Å². The highest BCUT2D eigenvalue weighted by atomic mass is 32.2. The molecule has 2 aromatic rings. The molecule has 0 atom stereocenters. The van der Waals surface area contributed by atoms with Crippen LogP contribution in [0.5, 0.6) is 0 Å². The van der Waals surface area contributed by atoms with Crippen LogP contribution in [-0.4, -0.2) is 32.0 Å². The van der Waals surface area contributed by atoms with E-state index in [1.807, 2.05) is 23.7 Å². The highest BCUT2D eigenvalue weighted by Crippen LogP contribution is 2.55. The fraction of sp³-hybridized carbons (Fsp3) is 0.632. The topological polar surface area (TPSA) is 73.0 Å². The largest absolute Gasteiger partial charge is 0.461 e. The monoisotopic (exact) mass is 372 g/mol. The minimum Gasteiger partial charge on any atom is -0.461 e. The van der Waals surface area contributed by atoms with Gasteiger partial charge in [-0.15, -0.1) is 10.2 Å². The van der Waals surface area contributed by atoms with Gasteiger partial charge in [0.1, 0.15) is 0 Å². The average Bonchev–Trinajstić information content (AvgIpc) is 3.21. The molecule has 0 saturated heterocycles. The zero-order valence-corrected chi connectivity index (χ0v) is 15.8. The van der Waals surface area contributed by atoms with Gasteiger partial charge in [0.15, 0.2) is 16.7 Å². The van der Waals surface area contributed by atoms with E-state index >= 15 is 0 Å². The zero-order chi connectivity index (χ0) is 17.7. The zero-order valence-electron chi connectivity index (χ0n) is 15.0. The van der Waals surface area contributed by atoms with Crippen LogP contribution < -0.4 is 5.32 Å². The van der Waals surface area contributed by atoms with Crippen molar-refractivity contribution in [2.45, 2.75) is 49.2 Å². The first kappa shape index (κ1) is 16.4. The molecule has 0 radical (unpaired) electrons. The van der Waals surface area contributed by atoms with Crippen LogP contribution in [0.4, 0.5) is 0 Å². The van der Waals surface area contributed by atoms with E-state index in [1.54, 1.807) is 6.26 Å². The minimum atomic E-state index is 0.0750. The summed E-state index contributed by atoms with van der Waals surface area (Å²) in [5.41, 5.74) is 0.0750. The summed E-state index contributed by atoms with van der Waals surface area (Å²) in [4.78, 5) is 12.6. The molecule has 0 aliphatic heterocycles. The van der Waals surface area contributed by atoms with Gasteiger partial charge in [-0.2, -0.15) is 0 Å². The maximum absolute atomic E-state index is 12.6. The summed E-state index contributed by atoms with van der Waals surface area (Å²) < 4.78 is 7.26. The maximum Gasteiger partial charge on any atom is 0.230 e. The van der Waals surface area contributed by atoms with Crippen LogP contribution in [0.3, 0.4) is 0 Å². The Balaban J connectivity index is 1.22. The summed E-state index contributed by atoms with van der Waals surface area (Å²) in [5.74, 6) is 4.38. The lowest BCUT2D eigenvalue weighted by atomic mass is 9.53. The SMILES string of the molecule is Cn1c(SCC(=O)NC23CC4CC(CC(C4)C2)C3)nnc1-c1ccco1. The third kappa shape index (κ3) is 2.86. The number of rotatable bonds is 5. The molecule has 1 amide bonds. The van der Waals surface area contributed by atoms with Gasteiger partial charge < -0.3 is 14.3 Å². The van der Waals surface area contributed by atoms with Crippen LogP contribution in [0.1, 0.15) is 38.5 Å². The number of nitrogens with zero attached hydrogens (tertiary/aromatic N) is 3. The Bertz CT molecular complexity index is 778. The molecule has 4 aliphatic rings. The lowest BCUT2D eigenvalue weighted by Gasteiger charge is -2.56. The Labute approximate surface area is 157 Å². The van der Waals surface area contributed by atoms with Gasteiger partial charge in [-0.1, -0.05) is 11.8 Å². The van der Waals surface area contributed by atoms with Crippen molar-refractivity contribution in [1.29, 1.82) is 0 Å². The van der Waals surface area contributed by atoms with Crippen molar-refractivity contribution in [3.63, 3.8) is 0 Å². The molecule has 4 bridgehead atoms. The van der Waals surface area contributed by atoms with Crippen LogP contribution in [0, 0.1) is 17.8 Å². The molecule has 0 aromatic carbocycles. The molecule has 138 valence electrons. The van der Waals surface area contributed by atoms with Crippen LogP contribution in [0.2, 0.25) is 0 Å². The van der Waals surface area contributed by atoms with E-state index in [-0.39, 0.29) is 11.4 Å². The van der Waals surface area contributed by atoms with E-state index in [9.17, 15) is 4.79 Å². The molecule has 1 N–H and O–H groups in total. The van der Waals surface area contributed by atoms with Crippen molar-refractivity contribution in [3.8, 4) is 11.6 Å². The second kappa shape index (κ2) is 6.15. The number of furan rings is 1. The quantitative estimate of drug-likeness (QED) is 0.816. The van der Waals surface area contributed by atoms with Crippen LogP contribution >= 0.6 is 11.8 Å². The van der Waals surface area contributed by atoms with E-state index in [4.69, 9.17) is 4.42 Å². The van der Waals surface area contributed by atoms with Crippen LogP contribution in [0.25, 0.3) is 11.6 Å². The molecule has 0 spiro atoms. The summed E-state index contributed by atoms with van der Waals surface area (Å²) in [6, 6.07) is 3.69. The molecule has 4 saturated carbocycles. The van der Waals surface area contributed by atoms with Crippen molar-refractivity contribution >= 4 is 17.7 Å². The third-order valence-corrected chi connectivity index (χ3v) is 7.37.